The molecule has 3 nitrogen and oxygen atoms in total. The predicted molar refractivity (Wildman–Crippen MR) is 102 cm³/mol. The van der Waals surface area contributed by atoms with Crippen molar-refractivity contribution in [3.8, 4) is 11.8 Å². The highest BCUT2D eigenvalue weighted by Gasteiger charge is 2.22. The number of carbonyl (C=O) groups is 1. The Kier molecular flexibility index (Phi) is 5.40. The van der Waals surface area contributed by atoms with Gasteiger partial charge in [0.2, 0.25) is 0 Å². The molecule has 0 saturated carbocycles. The zero-order chi connectivity index (χ0) is 17.6. The number of nitrogens with one attached hydrogen (secondary N) is 1. The van der Waals surface area contributed by atoms with Crippen LogP contribution in [-0.2, 0) is 4.79 Å². The minimum absolute atomic E-state index is 0.0876. The van der Waals surface area contributed by atoms with E-state index in [9.17, 15) is 4.79 Å². The van der Waals surface area contributed by atoms with Crippen molar-refractivity contribution in [2.24, 2.45) is 0 Å². The predicted octanol–water partition coefficient (Wildman–Crippen LogP) is 3.76. The first-order chi connectivity index (χ1) is 12.1. The molecule has 0 aliphatic carbocycles. The van der Waals surface area contributed by atoms with Gasteiger partial charge in [-0.15, -0.1) is 0 Å². The Labute approximate surface area is 150 Å². The molecule has 3 rings (SSSR count). The van der Waals surface area contributed by atoms with Crippen molar-refractivity contribution in [2.75, 3.05) is 18.4 Å². The minimum atomic E-state index is -0.0876. The maximum absolute atomic E-state index is 12.4. The zero-order valence-electron chi connectivity index (χ0n) is 14.9. The summed E-state index contributed by atoms with van der Waals surface area (Å²) >= 11 is 0. The van der Waals surface area contributed by atoms with Gasteiger partial charge in [-0.3, -0.25) is 4.79 Å². The first kappa shape index (κ1) is 17.1. The summed E-state index contributed by atoms with van der Waals surface area (Å²) in [7, 11) is 0. The van der Waals surface area contributed by atoms with Crippen molar-refractivity contribution in [3.63, 3.8) is 0 Å². The van der Waals surface area contributed by atoms with Gasteiger partial charge < -0.3 is 10.2 Å². The van der Waals surface area contributed by atoms with Gasteiger partial charge in [0.15, 0.2) is 0 Å². The lowest BCUT2D eigenvalue weighted by molar-refractivity contribution is -0.126. The largest absolute Gasteiger partial charge is 0.381 e. The number of nitrogens with zero attached hydrogens (tertiary/aromatic N) is 1. The highest BCUT2D eigenvalue weighted by atomic mass is 16.2. The van der Waals surface area contributed by atoms with E-state index in [0.717, 1.165) is 30.6 Å². The van der Waals surface area contributed by atoms with Gasteiger partial charge in [0.1, 0.15) is 0 Å². The number of rotatable bonds is 2. The van der Waals surface area contributed by atoms with Crippen LogP contribution in [0.25, 0.3) is 0 Å². The van der Waals surface area contributed by atoms with E-state index in [1.165, 1.54) is 11.1 Å². The normalized spacial score (nSPS) is 16.7. The average molecular weight is 332 g/mol. The number of amides is 1. The van der Waals surface area contributed by atoms with Crippen LogP contribution in [0.5, 0.6) is 0 Å². The van der Waals surface area contributed by atoms with Gasteiger partial charge in [0.05, 0.1) is 0 Å². The van der Waals surface area contributed by atoms with Crippen LogP contribution in [0.4, 0.5) is 5.69 Å². The summed E-state index contributed by atoms with van der Waals surface area (Å²) in [4.78, 5) is 14.3. The van der Waals surface area contributed by atoms with Crippen molar-refractivity contribution in [3.05, 3.63) is 65.2 Å². The van der Waals surface area contributed by atoms with Gasteiger partial charge in [-0.25, -0.2) is 0 Å². The van der Waals surface area contributed by atoms with Gasteiger partial charge >= 0.3 is 0 Å². The van der Waals surface area contributed by atoms with E-state index in [-0.39, 0.29) is 11.9 Å². The number of carbonyl (C=O) groups excluding carboxylic acids is 1. The summed E-state index contributed by atoms with van der Waals surface area (Å²) in [6, 6.07) is 16.3. The van der Waals surface area contributed by atoms with E-state index >= 15 is 0 Å². The third-order valence-corrected chi connectivity index (χ3v) is 4.67. The molecule has 1 amide bonds. The summed E-state index contributed by atoms with van der Waals surface area (Å²) in [5.74, 6) is 5.65. The van der Waals surface area contributed by atoms with Crippen LogP contribution >= 0.6 is 0 Å². The summed E-state index contributed by atoms with van der Waals surface area (Å²) in [5.41, 5.74) is 4.57. The Bertz CT molecular complexity index is 802. The summed E-state index contributed by atoms with van der Waals surface area (Å²) in [5, 5.41) is 3.57. The van der Waals surface area contributed by atoms with Crippen molar-refractivity contribution in [1.82, 2.24) is 4.90 Å². The van der Waals surface area contributed by atoms with Gasteiger partial charge in [0.25, 0.3) is 5.91 Å². The van der Waals surface area contributed by atoms with Crippen LogP contribution in [0.2, 0.25) is 0 Å². The van der Waals surface area contributed by atoms with Crippen LogP contribution in [0.1, 0.15) is 29.5 Å². The smallest absolute Gasteiger partial charge is 0.298 e. The van der Waals surface area contributed by atoms with Gasteiger partial charge in [-0.2, -0.15) is 0 Å². The molecule has 2 aromatic carbocycles. The Morgan fingerprint density at radius 1 is 1.12 bits per heavy atom. The Balaban J connectivity index is 1.61. The molecule has 128 valence electrons. The number of piperidine rings is 1. The third-order valence-electron chi connectivity index (χ3n) is 4.67. The van der Waals surface area contributed by atoms with E-state index in [1.807, 2.05) is 35.2 Å². The number of aryl methyl sites for hydroxylation is 2. The molecule has 1 aliphatic rings. The minimum Gasteiger partial charge on any atom is -0.381 e. The molecular formula is C22H24N2O. The van der Waals surface area contributed by atoms with Crippen molar-refractivity contribution >= 4 is 11.6 Å². The molecule has 1 fully saturated rings. The second kappa shape index (κ2) is 7.90. The molecule has 0 bridgehead atoms. The summed E-state index contributed by atoms with van der Waals surface area (Å²) in [6.45, 7) is 5.73. The molecule has 1 atom stereocenters. The quantitative estimate of drug-likeness (QED) is 0.849. The Morgan fingerprint density at radius 3 is 2.68 bits per heavy atom. The monoisotopic (exact) mass is 332 g/mol. The fourth-order valence-electron chi connectivity index (χ4n) is 3.07. The first-order valence-corrected chi connectivity index (χ1v) is 8.81. The van der Waals surface area contributed by atoms with Gasteiger partial charge in [-0.05, 0) is 62.1 Å². The molecular weight excluding hydrogens is 308 g/mol. The number of likely N-dealkylation sites (tertiary alicyclic amines) is 1. The van der Waals surface area contributed by atoms with Crippen LogP contribution < -0.4 is 5.32 Å². The SMILES string of the molecule is Cc1ccc(NC2CCCN(C(=O)C#Cc3ccccc3)C2)cc1C. The number of benzene rings is 2. The Hall–Kier alpha value is -2.73. The highest BCUT2D eigenvalue weighted by Crippen LogP contribution is 2.19. The molecule has 1 N–H and O–H groups in total. The molecule has 1 heterocycles. The summed E-state index contributed by atoms with van der Waals surface area (Å²) in [6.07, 6.45) is 2.07. The van der Waals surface area contributed by atoms with E-state index in [4.69, 9.17) is 0 Å². The molecule has 3 heteroatoms. The van der Waals surface area contributed by atoms with E-state index in [1.54, 1.807) is 0 Å². The summed E-state index contributed by atoms with van der Waals surface area (Å²) < 4.78 is 0. The highest BCUT2D eigenvalue weighted by molar-refractivity contribution is 5.94. The zero-order valence-corrected chi connectivity index (χ0v) is 14.9. The topological polar surface area (TPSA) is 32.3 Å². The van der Waals surface area contributed by atoms with Crippen molar-refractivity contribution < 1.29 is 4.79 Å². The van der Waals surface area contributed by atoms with E-state index in [0.29, 0.717) is 6.54 Å². The lowest BCUT2D eigenvalue weighted by Crippen LogP contribution is -2.44. The molecule has 1 aliphatic heterocycles. The second-order valence-corrected chi connectivity index (χ2v) is 6.65. The molecule has 0 radical (unpaired) electrons. The molecule has 1 unspecified atom stereocenters. The lowest BCUT2D eigenvalue weighted by atomic mass is 10.0. The standard InChI is InChI=1S/C22H24N2O/c1-17-10-12-20(15-18(17)2)23-21-9-6-14-24(16-21)22(25)13-11-19-7-4-3-5-8-19/h3-5,7-8,10,12,15,21,23H,6,9,14,16H2,1-2H3. The van der Waals surface area contributed by atoms with Crippen LogP contribution in [0.15, 0.2) is 48.5 Å². The van der Waals surface area contributed by atoms with E-state index < -0.39 is 0 Å². The van der Waals surface area contributed by atoms with E-state index in [2.05, 4.69) is 49.2 Å². The van der Waals surface area contributed by atoms with Crippen LogP contribution in [0.3, 0.4) is 0 Å². The average Bonchev–Trinajstić information content (AvgIpc) is 2.64. The maximum Gasteiger partial charge on any atom is 0.298 e. The lowest BCUT2D eigenvalue weighted by Gasteiger charge is -2.32. The first-order valence-electron chi connectivity index (χ1n) is 8.81. The third kappa shape index (κ3) is 4.64. The van der Waals surface area contributed by atoms with Gasteiger partial charge in [0, 0.05) is 36.3 Å². The van der Waals surface area contributed by atoms with Gasteiger partial charge in [-0.1, -0.05) is 30.2 Å². The number of hydrogen-bond donors (Lipinski definition) is 1. The second-order valence-electron chi connectivity index (χ2n) is 6.65. The maximum atomic E-state index is 12.4. The van der Waals surface area contributed by atoms with Crippen molar-refractivity contribution in [1.29, 1.82) is 0 Å². The van der Waals surface area contributed by atoms with Crippen molar-refractivity contribution in [2.45, 2.75) is 32.7 Å². The molecule has 0 aromatic heterocycles. The fraction of sp³-hybridized carbons (Fsp3) is 0.318. The molecule has 0 spiro atoms. The fourth-order valence-corrected chi connectivity index (χ4v) is 3.07. The molecule has 1 saturated heterocycles. The molecule has 25 heavy (non-hydrogen) atoms. The number of hydrogen-bond acceptors (Lipinski definition) is 2. The Morgan fingerprint density at radius 2 is 1.92 bits per heavy atom. The molecule has 2 aromatic rings. The van der Waals surface area contributed by atoms with Crippen LogP contribution in [-0.4, -0.2) is 29.9 Å². The number of anilines is 1. The van der Waals surface area contributed by atoms with Crippen LogP contribution in [0, 0.1) is 25.7 Å².